The topological polar surface area (TPSA) is 49.8 Å². The highest BCUT2D eigenvalue weighted by Crippen LogP contribution is 2.56. The summed E-state index contributed by atoms with van der Waals surface area (Å²) in [5, 5.41) is 9.46. The predicted octanol–water partition coefficient (Wildman–Crippen LogP) is 7.06. The first-order valence-electron chi connectivity index (χ1n) is 10.8. The molecule has 0 amide bonds. The van der Waals surface area contributed by atoms with Crippen molar-refractivity contribution in [3.8, 4) is 0 Å². The molecule has 2 aromatic carbocycles. The van der Waals surface area contributed by atoms with E-state index in [9.17, 15) is 0 Å². The second-order valence-electron chi connectivity index (χ2n) is 9.52. The van der Waals surface area contributed by atoms with Crippen LogP contribution in [-0.4, -0.2) is 15.5 Å². The molecule has 7 rings (SSSR count). The molecule has 30 heavy (non-hydrogen) atoms. The smallest absolute Gasteiger partial charge is 0.229 e. The van der Waals surface area contributed by atoms with Crippen molar-refractivity contribution in [2.75, 3.05) is 10.6 Å². The van der Waals surface area contributed by atoms with E-state index in [0.29, 0.717) is 16.0 Å². The summed E-state index contributed by atoms with van der Waals surface area (Å²) in [6, 6.07) is 13.6. The van der Waals surface area contributed by atoms with Crippen LogP contribution in [0, 0.1) is 17.8 Å². The van der Waals surface area contributed by atoms with Crippen LogP contribution >= 0.6 is 23.2 Å². The number of anilines is 3. The van der Waals surface area contributed by atoms with Crippen molar-refractivity contribution < 1.29 is 0 Å². The van der Waals surface area contributed by atoms with E-state index in [1.807, 2.05) is 24.3 Å². The molecule has 4 saturated carbocycles. The van der Waals surface area contributed by atoms with Crippen molar-refractivity contribution in [3.05, 3.63) is 52.5 Å². The van der Waals surface area contributed by atoms with Gasteiger partial charge in [-0.1, -0.05) is 35.3 Å². The zero-order valence-corrected chi connectivity index (χ0v) is 18.2. The van der Waals surface area contributed by atoms with Gasteiger partial charge in [-0.25, -0.2) is 4.98 Å². The van der Waals surface area contributed by atoms with E-state index in [0.717, 1.165) is 40.2 Å². The molecule has 4 bridgehead atoms. The minimum absolute atomic E-state index is 0.183. The van der Waals surface area contributed by atoms with Crippen LogP contribution in [0.5, 0.6) is 0 Å². The molecule has 2 N–H and O–H groups in total. The fraction of sp³-hybridized carbons (Fsp3) is 0.417. The number of rotatable bonds is 4. The van der Waals surface area contributed by atoms with Gasteiger partial charge >= 0.3 is 0 Å². The molecule has 0 spiro atoms. The minimum atomic E-state index is 0.183. The number of hydrogen-bond donors (Lipinski definition) is 2. The first-order chi connectivity index (χ1) is 14.5. The highest BCUT2D eigenvalue weighted by molar-refractivity contribution is 6.35. The summed E-state index contributed by atoms with van der Waals surface area (Å²) in [6.45, 7) is 0. The number of halogens is 2. The molecule has 4 aliphatic carbocycles. The van der Waals surface area contributed by atoms with Crippen LogP contribution in [0.4, 0.5) is 17.5 Å². The molecule has 1 heterocycles. The summed E-state index contributed by atoms with van der Waals surface area (Å²) in [5.74, 6) is 4.12. The molecular weight excluding hydrogens is 415 g/mol. The summed E-state index contributed by atoms with van der Waals surface area (Å²) in [6.07, 6.45) is 8.08. The van der Waals surface area contributed by atoms with Gasteiger partial charge in [-0.15, -0.1) is 0 Å². The van der Waals surface area contributed by atoms with Gasteiger partial charge in [0.05, 0.1) is 5.52 Å². The van der Waals surface area contributed by atoms with E-state index in [4.69, 9.17) is 33.2 Å². The van der Waals surface area contributed by atoms with Crippen molar-refractivity contribution in [1.29, 1.82) is 0 Å². The molecule has 6 heteroatoms. The maximum atomic E-state index is 6.17. The molecule has 0 atom stereocenters. The normalized spacial score (nSPS) is 29.3. The lowest BCUT2D eigenvalue weighted by Gasteiger charge is -2.57. The molecule has 3 aromatic rings. The number of benzene rings is 2. The molecule has 4 aliphatic rings. The molecule has 4 fully saturated rings. The molecular formula is C24H24Cl2N4. The Kier molecular flexibility index (Phi) is 4.36. The average Bonchev–Trinajstić information content (AvgIpc) is 2.66. The van der Waals surface area contributed by atoms with Crippen molar-refractivity contribution in [1.82, 2.24) is 9.97 Å². The number of fused-ring (bicyclic) bond motifs is 1. The molecule has 154 valence electrons. The van der Waals surface area contributed by atoms with Gasteiger partial charge in [0, 0.05) is 26.7 Å². The summed E-state index contributed by atoms with van der Waals surface area (Å²) in [5.41, 5.74) is 1.89. The molecule has 1 aromatic heterocycles. The zero-order valence-electron chi connectivity index (χ0n) is 16.7. The van der Waals surface area contributed by atoms with Gasteiger partial charge in [0.1, 0.15) is 5.82 Å². The Labute approximate surface area is 186 Å². The largest absolute Gasteiger partial charge is 0.364 e. The number of nitrogens with zero attached hydrogens (tertiary/aromatic N) is 2. The summed E-state index contributed by atoms with van der Waals surface area (Å²) in [4.78, 5) is 9.65. The van der Waals surface area contributed by atoms with E-state index in [1.165, 1.54) is 38.5 Å². The van der Waals surface area contributed by atoms with Crippen LogP contribution in [0.2, 0.25) is 10.0 Å². The zero-order chi connectivity index (χ0) is 20.3. The predicted molar refractivity (Wildman–Crippen MR) is 124 cm³/mol. The molecule has 4 nitrogen and oxygen atoms in total. The Bertz CT molecular complexity index is 1070. The van der Waals surface area contributed by atoms with Crippen LogP contribution < -0.4 is 10.6 Å². The van der Waals surface area contributed by atoms with Crippen LogP contribution in [0.25, 0.3) is 10.9 Å². The first kappa shape index (κ1) is 18.7. The van der Waals surface area contributed by atoms with Gasteiger partial charge in [0.15, 0.2) is 0 Å². The SMILES string of the molecule is Clc1cc(Cl)cc(Nc2nc(NC34CC5CC(CC(C5)C3)C4)c3ccccc3n2)c1. The fourth-order valence-electron chi connectivity index (χ4n) is 6.50. The van der Waals surface area contributed by atoms with Gasteiger partial charge in [0.25, 0.3) is 0 Å². The third-order valence-electron chi connectivity index (χ3n) is 7.14. The number of aromatic nitrogens is 2. The van der Waals surface area contributed by atoms with Crippen LogP contribution in [0.15, 0.2) is 42.5 Å². The van der Waals surface area contributed by atoms with Crippen molar-refractivity contribution in [3.63, 3.8) is 0 Å². The lowest BCUT2D eigenvalue weighted by Crippen LogP contribution is -2.54. The van der Waals surface area contributed by atoms with E-state index in [2.05, 4.69) is 22.8 Å². The Morgan fingerprint density at radius 1 is 0.833 bits per heavy atom. The first-order valence-corrected chi connectivity index (χ1v) is 11.6. The standard InChI is InChI=1S/C24H24Cl2N4/c25-17-8-18(26)10-19(9-17)27-23-28-21-4-2-1-3-20(21)22(29-23)30-24-11-14-5-15(12-24)7-16(6-14)13-24/h1-4,8-10,14-16H,5-7,11-13H2,(H2,27,28,29,30). The van der Waals surface area contributed by atoms with Gasteiger partial charge in [0.2, 0.25) is 5.95 Å². The van der Waals surface area contributed by atoms with E-state index < -0.39 is 0 Å². The van der Waals surface area contributed by atoms with Crippen LogP contribution in [0.3, 0.4) is 0 Å². The third kappa shape index (κ3) is 3.40. The second kappa shape index (κ2) is 7.00. The van der Waals surface area contributed by atoms with Crippen LogP contribution in [0.1, 0.15) is 38.5 Å². The average molecular weight is 439 g/mol. The Morgan fingerprint density at radius 2 is 1.47 bits per heavy atom. The number of nitrogens with one attached hydrogen (secondary N) is 2. The lowest BCUT2D eigenvalue weighted by molar-refractivity contribution is 0.0106. The highest BCUT2D eigenvalue weighted by Gasteiger charge is 2.51. The summed E-state index contributed by atoms with van der Waals surface area (Å²) < 4.78 is 0. The monoisotopic (exact) mass is 438 g/mol. The fourth-order valence-corrected chi connectivity index (χ4v) is 7.02. The van der Waals surface area contributed by atoms with Crippen molar-refractivity contribution in [2.45, 2.75) is 44.1 Å². The molecule has 0 saturated heterocycles. The maximum Gasteiger partial charge on any atom is 0.229 e. The van der Waals surface area contributed by atoms with Crippen molar-refractivity contribution >= 4 is 51.6 Å². The third-order valence-corrected chi connectivity index (χ3v) is 7.58. The highest BCUT2D eigenvalue weighted by atomic mass is 35.5. The minimum Gasteiger partial charge on any atom is -0.364 e. The Morgan fingerprint density at radius 3 is 2.13 bits per heavy atom. The number of hydrogen-bond acceptors (Lipinski definition) is 4. The van der Waals surface area contributed by atoms with E-state index >= 15 is 0 Å². The van der Waals surface area contributed by atoms with E-state index in [-0.39, 0.29) is 5.54 Å². The Balaban J connectivity index is 1.38. The van der Waals surface area contributed by atoms with Gasteiger partial charge in [-0.2, -0.15) is 4.98 Å². The molecule has 0 unspecified atom stereocenters. The van der Waals surface area contributed by atoms with Gasteiger partial charge < -0.3 is 10.6 Å². The molecule has 0 radical (unpaired) electrons. The van der Waals surface area contributed by atoms with E-state index in [1.54, 1.807) is 6.07 Å². The summed E-state index contributed by atoms with van der Waals surface area (Å²) in [7, 11) is 0. The van der Waals surface area contributed by atoms with Gasteiger partial charge in [-0.3, -0.25) is 0 Å². The Hall–Kier alpha value is -2.04. The summed E-state index contributed by atoms with van der Waals surface area (Å²) >= 11 is 12.3. The second-order valence-corrected chi connectivity index (χ2v) is 10.4. The molecule has 0 aliphatic heterocycles. The lowest BCUT2D eigenvalue weighted by atomic mass is 9.53. The van der Waals surface area contributed by atoms with Gasteiger partial charge in [-0.05, 0) is 86.6 Å². The maximum absolute atomic E-state index is 6.17. The van der Waals surface area contributed by atoms with Crippen molar-refractivity contribution in [2.24, 2.45) is 17.8 Å². The quantitative estimate of drug-likeness (QED) is 0.457. The number of para-hydroxylation sites is 1. The van der Waals surface area contributed by atoms with Crippen LogP contribution in [-0.2, 0) is 0 Å².